The van der Waals surface area contributed by atoms with E-state index in [0.717, 1.165) is 21.9 Å². The normalized spacial score (nSPS) is 10.2. The van der Waals surface area contributed by atoms with Gasteiger partial charge in [-0.05, 0) is 42.7 Å². The van der Waals surface area contributed by atoms with Crippen molar-refractivity contribution in [1.82, 2.24) is 0 Å². The van der Waals surface area contributed by atoms with Gasteiger partial charge in [0.05, 0.1) is 11.6 Å². The third-order valence-corrected chi connectivity index (χ3v) is 4.39. The van der Waals surface area contributed by atoms with Crippen molar-refractivity contribution in [3.8, 4) is 6.07 Å². The number of nitriles is 1. The number of benzene rings is 2. The largest absolute Gasteiger partial charge is 0.398 e. The van der Waals surface area contributed by atoms with Gasteiger partial charge in [0.15, 0.2) is 0 Å². The Kier molecular flexibility index (Phi) is 4.13. The summed E-state index contributed by atoms with van der Waals surface area (Å²) >= 11 is 1.75. The Morgan fingerprint density at radius 2 is 1.68 bits per heavy atom. The fourth-order valence-corrected chi connectivity index (χ4v) is 2.95. The first-order chi connectivity index (χ1) is 9.11. The van der Waals surface area contributed by atoms with Gasteiger partial charge in [0.25, 0.3) is 0 Å². The molecule has 3 heteroatoms. The number of nitrogen functional groups attached to an aromatic ring is 1. The molecule has 0 unspecified atom stereocenters. The van der Waals surface area contributed by atoms with Gasteiger partial charge in [0, 0.05) is 16.3 Å². The minimum Gasteiger partial charge on any atom is -0.398 e. The zero-order valence-electron chi connectivity index (χ0n) is 11.1. The monoisotopic (exact) mass is 268 g/mol. The molecule has 96 valence electrons. The van der Waals surface area contributed by atoms with Crippen LogP contribution in [0.25, 0.3) is 0 Å². The van der Waals surface area contributed by atoms with E-state index >= 15 is 0 Å². The van der Waals surface area contributed by atoms with Crippen LogP contribution in [-0.2, 0) is 5.75 Å². The fraction of sp³-hybridized carbons (Fsp3) is 0.188. The quantitative estimate of drug-likeness (QED) is 0.675. The number of anilines is 1. The van der Waals surface area contributed by atoms with E-state index in [1.807, 2.05) is 31.2 Å². The Bertz CT molecular complexity index is 624. The van der Waals surface area contributed by atoms with Gasteiger partial charge in [-0.1, -0.05) is 24.3 Å². The second-order valence-corrected chi connectivity index (χ2v) is 5.53. The molecule has 2 N–H and O–H groups in total. The predicted octanol–water partition coefficient (Wildman–Crippen LogP) is 4.05. The molecule has 0 aliphatic heterocycles. The molecule has 0 saturated heterocycles. The van der Waals surface area contributed by atoms with Gasteiger partial charge < -0.3 is 5.73 Å². The predicted molar refractivity (Wildman–Crippen MR) is 81.0 cm³/mol. The number of thioether (sulfide) groups is 1. The summed E-state index contributed by atoms with van der Waals surface area (Å²) in [6.07, 6.45) is 0. The van der Waals surface area contributed by atoms with Crippen LogP contribution in [-0.4, -0.2) is 0 Å². The van der Waals surface area contributed by atoms with Crippen LogP contribution in [0.3, 0.4) is 0 Å². The Labute approximate surface area is 118 Å². The molecule has 0 heterocycles. The summed E-state index contributed by atoms with van der Waals surface area (Å²) < 4.78 is 0. The van der Waals surface area contributed by atoms with Crippen molar-refractivity contribution < 1.29 is 0 Å². The molecular formula is C16H16N2S. The van der Waals surface area contributed by atoms with E-state index in [1.165, 1.54) is 11.1 Å². The molecule has 0 spiro atoms. The highest BCUT2D eigenvalue weighted by molar-refractivity contribution is 7.98. The first-order valence-electron chi connectivity index (χ1n) is 6.09. The van der Waals surface area contributed by atoms with Crippen molar-refractivity contribution in [2.45, 2.75) is 24.5 Å². The highest BCUT2D eigenvalue weighted by atomic mass is 32.2. The number of rotatable bonds is 3. The summed E-state index contributed by atoms with van der Waals surface area (Å²) in [5.41, 5.74) is 11.2. The summed E-state index contributed by atoms with van der Waals surface area (Å²) in [6.45, 7) is 4.11. The van der Waals surface area contributed by atoms with E-state index in [-0.39, 0.29) is 0 Å². The van der Waals surface area contributed by atoms with Crippen LogP contribution in [0, 0.1) is 25.2 Å². The molecule has 0 aromatic heterocycles. The fourth-order valence-electron chi connectivity index (χ4n) is 1.83. The van der Waals surface area contributed by atoms with E-state index in [2.05, 4.69) is 25.1 Å². The van der Waals surface area contributed by atoms with Crippen molar-refractivity contribution in [2.24, 2.45) is 0 Å². The highest BCUT2D eigenvalue weighted by Crippen LogP contribution is 2.33. The van der Waals surface area contributed by atoms with Crippen molar-refractivity contribution in [1.29, 1.82) is 5.26 Å². The lowest BCUT2D eigenvalue weighted by Gasteiger charge is -2.11. The Hall–Kier alpha value is -1.92. The lowest BCUT2D eigenvalue weighted by Crippen LogP contribution is -1.95. The Morgan fingerprint density at radius 1 is 1.05 bits per heavy atom. The standard InChI is InChI=1S/C16H16N2S/c1-11-3-4-12(2)16(15(11)18)19-10-14-7-5-13(9-17)6-8-14/h3-8H,10,18H2,1-2H3. The van der Waals surface area contributed by atoms with E-state index in [9.17, 15) is 0 Å². The van der Waals surface area contributed by atoms with E-state index in [1.54, 1.807) is 11.8 Å². The SMILES string of the molecule is Cc1ccc(C)c(SCc2ccc(C#N)cc2)c1N. The maximum Gasteiger partial charge on any atom is 0.0991 e. The highest BCUT2D eigenvalue weighted by Gasteiger charge is 2.07. The first kappa shape index (κ1) is 13.5. The van der Waals surface area contributed by atoms with Gasteiger partial charge >= 0.3 is 0 Å². The van der Waals surface area contributed by atoms with Gasteiger partial charge in [0.1, 0.15) is 0 Å². The summed E-state index contributed by atoms with van der Waals surface area (Å²) in [5.74, 6) is 0.861. The molecule has 0 aliphatic rings. The number of nitrogens with two attached hydrogens (primary N) is 1. The maximum absolute atomic E-state index is 8.77. The Balaban J connectivity index is 2.14. The molecule has 0 saturated carbocycles. The van der Waals surface area contributed by atoms with Crippen LogP contribution in [0.2, 0.25) is 0 Å². The van der Waals surface area contributed by atoms with Gasteiger partial charge in [-0.15, -0.1) is 11.8 Å². The lowest BCUT2D eigenvalue weighted by molar-refractivity contribution is 1.26. The van der Waals surface area contributed by atoms with Gasteiger partial charge in [-0.25, -0.2) is 0 Å². The average molecular weight is 268 g/mol. The molecular weight excluding hydrogens is 252 g/mol. The second kappa shape index (κ2) is 5.81. The summed E-state index contributed by atoms with van der Waals surface area (Å²) in [4.78, 5) is 1.16. The van der Waals surface area contributed by atoms with Crippen LogP contribution >= 0.6 is 11.8 Å². The van der Waals surface area contributed by atoms with Gasteiger partial charge in [-0.3, -0.25) is 0 Å². The second-order valence-electron chi connectivity index (χ2n) is 4.54. The molecule has 2 nitrogen and oxygen atoms in total. The minimum absolute atomic E-state index is 0.694. The molecule has 0 radical (unpaired) electrons. The van der Waals surface area contributed by atoms with Crippen LogP contribution in [0.15, 0.2) is 41.3 Å². The molecule has 19 heavy (non-hydrogen) atoms. The topological polar surface area (TPSA) is 49.8 Å². The van der Waals surface area contributed by atoms with Crippen molar-refractivity contribution in [2.75, 3.05) is 5.73 Å². The molecule has 2 aromatic rings. The Morgan fingerprint density at radius 3 is 2.32 bits per heavy atom. The van der Waals surface area contributed by atoms with E-state index in [0.29, 0.717) is 5.56 Å². The summed E-state index contributed by atoms with van der Waals surface area (Å²) in [6, 6.07) is 14.0. The van der Waals surface area contributed by atoms with Crippen LogP contribution in [0.5, 0.6) is 0 Å². The lowest BCUT2D eigenvalue weighted by atomic mass is 10.1. The third kappa shape index (κ3) is 3.10. The smallest absolute Gasteiger partial charge is 0.0991 e. The number of hydrogen-bond acceptors (Lipinski definition) is 3. The molecule has 2 aromatic carbocycles. The number of aryl methyl sites for hydroxylation is 2. The van der Waals surface area contributed by atoms with Crippen molar-refractivity contribution >= 4 is 17.4 Å². The molecule has 0 fully saturated rings. The third-order valence-electron chi connectivity index (χ3n) is 3.08. The van der Waals surface area contributed by atoms with Gasteiger partial charge in [0.2, 0.25) is 0 Å². The summed E-state index contributed by atoms with van der Waals surface area (Å²) in [7, 11) is 0. The van der Waals surface area contributed by atoms with Crippen molar-refractivity contribution in [3.63, 3.8) is 0 Å². The number of nitrogens with zero attached hydrogens (tertiary/aromatic N) is 1. The van der Waals surface area contributed by atoms with Crippen LogP contribution < -0.4 is 5.73 Å². The molecule has 0 atom stereocenters. The zero-order chi connectivity index (χ0) is 13.8. The van der Waals surface area contributed by atoms with Gasteiger partial charge in [-0.2, -0.15) is 5.26 Å². The van der Waals surface area contributed by atoms with Crippen LogP contribution in [0.1, 0.15) is 22.3 Å². The first-order valence-corrected chi connectivity index (χ1v) is 7.08. The van der Waals surface area contributed by atoms with Crippen molar-refractivity contribution in [3.05, 3.63) is 58.7 Å². The minimum atomic E-state index is 0.694. The molecule has 0 bridgehead atoms. The van der Waals surface area contributed by atoms with Crippen LogP contribution in [0.4, 0.5) is 5.69 Å². The number of hydrogen-bond donors (Lipinski definition) is 1. The maximum atomic E-state index is 8.77. The van der Waals surface area contributed by atoms with E-state index < -0.39 is 0 Å². The zero-order valence-corrected chi connectivity index (χ0v) is 11.9. The molecule has 2 rings (SSSR count). The molecule has 0 amide bonds. The summed E-state index contributed by atoms with van der Waals surface area (Å²) in [5, 5.41) is 8.77. The van der Waals surface area contributed by atoms with E-state index in [4.69, 9.17) is 11.0 Å². The average Bonchev–Trinajstić information content (AvgIpc) is 2.44. The molecule has 0 aliphatic carbocycles.